The van der Waals surface area contributed by atoms with Gasteiger partial charge in [-0.3, -0.25) is 15.1 Å². The van der Waals surface area contributed by atoms with Gasteiger partial charge >= 0.3 is 0 Å². The predicted molar refractivity (Wildman–Crippen MR) is 93.9 cm³/mol. The molecule has 3 aromatic rings. The first-order valence-electron chi connectivity index (χ1n) is 7.92. The molecule has 0 bridgehead atoms. The maximum atomic E-state index is 11.1. The van der Waals surface area contributed by atoms with Crippen molar-refractivity contribution in [3.63, 3.8) is 0 Å². The molecule has 0 unspecified atom stereocenters. The lowest BCUT2D eigenvalue weighted by Crippen LogP contribution is -1.93. The van der Waals surface area contributed by atoms with Gasteiger partial charge in [0.2, 0.25) is 6.79 Å². The van der Waals surface area contributed by atoms with E-state index in [9.17, 15) is 10.1 Å². The number of rotatable bonds is 4. The summed E-state index contributed by atoms with van der Waals surface area (Å²) in [6.07, 6.45) is 0. The van der Waals surface area contributed by atoms with Crippen LogP contribution in [0.2, 0.25) is 0 Å². The number of nitro groups is 1. The Hall–Kier alpha value is -3.55. The molecule has 0 atom stereocenters. The smallest absolute Gasteiger partial charge is 0.274 e. The van der Waals surface area contributed by atoms with Gasteiger partial charge < -0.3 is 9.47 Å². The Labute approximate surface area is 148 Å². The zero-order valence-electron chi connectivity index (χ0n) is 13.9. The standard InChI is InChI=1S/C18H14N4O4/c1-11-6-15(13-7-17-18(26-10-25-17)8-14(13)20-11)21-19-9-12-4-2-3-5-16(12)22(23)24/h2-8H,9-10H2,1H3. The highest BCUT2D eigenvalue weighted by Crippen LogP contribution is 2.39. The number of para-hydroxylation sites is 1. The molecule has 0 amide bonds. The second kappa shape index (κ2) is 6.40. The van der Waals surface area contributed by atoms with E-state index in [0.717, 1.165) is 16.6 Å². The Bertz CT molecular complexity index is 1050. The molecule has 1 aromatic heterocycles. The van der Waals surface area contributed by atoms with E-state index >= 15 is 0 Å². The Balaban J connectivity index is 1.69. The molecule has 8 nitrogen and oxygen atoms in total. The number of aryl methyl sites for hydroxylation is 1. The summed E-state index contributed by atoms with van der Waals surface area (Å²) in [5.41, 5.74) is 2.69. The van der Waals surface area contributed by atoms with E-state index in [0.29, 0.717) is 22.7 Å². The Kier molecular flexibility index (Phi) is 3.92. The molecule has 4 rings (SSSR count). The molecule has 0 saturated carbocycles. The van der Waals surface area contributed by atoms with Crippen molar-refractivity contribution in [2.45, 2.75) is 13.5 Å². The molecule has 1 aliphatic rings. The predicted octanol–water partition coefficient (Wildman–Crippen LogP) is 4.46. The molecule has 1 aliphatic heterocycles. The molecule has 8 heteroatoms. The summed E-state index contributed by atoms with van der Waals surface area (Å²) in [5, 5.41) is 20.3. The highest BCUT2D eigenvalue weighted by Gasteiger charge is 2.17. The molecule has 0 radical (unpaired) electrons. The lowest BCUT2D eigenvalue weighted by Gasteiger charge is -2.05. The number of fused-ring (bicyclic) bond motifs is 2. The second-order valence-electron chi connectivity index (χ2n) is 5.79. The quantitative estimate of drug-likeness (QED) is 0.393. The van der Waals surface area contributed by atoms with E-state index in [4.69, 9.17) is 9.47 Å². The molecule has 0 saturated heterocycles. The number of ether oxygens (including phenoxy) is 2. The normalized spacial score (nSPS) is 12.8. The first-order valence-corrected chi connectivity index (χ1v) is 7.92. The van der Waals surface area contributed by atoms with Crippen molar-refractivity contribution < 1.29 is 14.4 Å². The minimum Gasteiger partial charge on any atom is -0.454 e. The zero-order chi connectivity index (χ0) is 18.1. The lowest BCUT2D eigenvalue weighted by atomic mass is 10.1. The Morgan fingerprint density at radius 3 is 2.77 bits per heavy atom. The van der Waals surface area contributed by atoms with E-state index in [1.165, 1.54) is 6.07 Å². The van der Waals surface area contributed by atoms with Crippen LogP contribution < -0.4 is 9.47 Å². The maximum absolute atomic E-state index is 11.1. The van der Waals surface area contributed by atoms with Crippen molar-refractivity contribution in [1.82, 2.24) is 4.98 Å². The number of nitro benzene ring substituents is 1. The summed E-state index contributed by atoms with van der Waals surface area (Å²) < 4.78 is 10.8. The average molecular weight is 350 g/mol. The van der Waals surface area contributed by atoms with E-state index in [2.05, 4.69) is 15.2 Å². The number of nitrogens with zero attached hydrogens (tertiary/aromatic N) is 4. The van der Waals surface area contributed by atoms with Gasteiger partial charge in [0.05, 0.1) is 28.2 Å². The monoisotopic (exact) mass is 350 g/mol. The van der Waals surface area contributed by atoms with Crippen LogP contribution in [-0.2, 0) is 6.54 Å². The summed E-state index contributed by atoms with van der Waals surface area (Å²) in [6, 6.07) is 11.9. The van der Waals surface area contributed by atoms with Gasteiger partial charge in [-0.15, -0.1) is 0 Å². The van der Waals surface area contributed by atoms with Crippen LogP contribution >= 0.6 is 0 Å². The minimum absolute atomic E-state index is 0.0329. The Morgan fingerprint density at radius 1 is 1.19 bits per heavy atom. The lowest BCUT2D eigenvalue weighted by molar-refractivity contribution is -0.385. The van der Waals surface area contributed by atoms with Gasteiger partial charge in [-0.05, 0) is 19.1 Å². The van der Waals surface area contributed by atoms with Crippen molar-refractivity contribution in [1.29, 1.82) is 0 Å². The number of pyridine rings is 1. The van der Waals surface area contributed by atoms with Crippen LogP contribution in [0, 0.1) is 17.0 Å². The number of hydrogen-bond donors (Lipinski definition) is 0. The van der Waals surface area contributed by atoms with E-state index in [1.807, 2.05) is 25.1 Å². The van der Waals surface area contributed by atoms with E-state index < -0.39 is 4.92 Å². The number of hydrogen-bond acceptors (Lipinski definition) is 7. The number of aromatic nitrogens is 1. The highest BCUT2D eigenvalue weighted by atomic mass is 16.7. The fourth-order valence-corrected chi connectivity index (χ4v) is 2.82. The molecular formula is C18H14N4O4. The van der Waals surface area contributed by atoms with Crippen LogP contribution in [0.3, 0.4) is 0 Å². The van der Waals surface area contributed by atoms with Crippen LogP contribution in [0.4, 0.5) is 11.4 Å². The first-order chi connectivity index (χ1) is 12.6. The summed E-state index contributed by atoms with van der Waals surface area (Å²) in [5.74, 6) is 1.29. The van der Waals surface area contributed by atoms with E-state index in [1.54, 1.807) is 18.2 Å². The molecule has 2 aromatic carbocycles. The molecule has 0 N–H and O–H groups in total. The molecule has 0 spiro atoms. The summed E-state index contributed by atoms with van der Waals surface area (Å²) in [4.78, 5) is 15.2. The van der Waals surface area contributed by atoms with Crippen LogP contribution in [0.15, 0.2) is 52.7 Å². The first kappa shape index (κ1) is 15.9. The van der Waals surface area contributed by atoms with Crippen LogP contribution in [-0.4, -0.2) is 16.7 Å². The average Bonchev–Trinajstić information content (AvgIpc) is 3.07. The fraction of sp³-hybridized carbons (Fsp3) is 0.167. The molecular weight excluding hydrogens is 336 g/mol. The summed E-state index contributed by atoms with van der Waals surface area (Å²) >= 11 is 0. The third-order valence-corrected chi connectivity index (χ3v) is 4.02. The largest absolute Gasteiger partial charge is 0.454 e. The second-order valence-corrected chi connectivity index (χ2v) is 5.79. The van der Waals surface area contributed by atoms with Gasteiger partial charge in [0, 0.05) is 23.2 Å². The molecule has 2 heterocycles. The molecule has 26 heavy (non-hydrogen) atoms. The summed E-state index contributed by atoms with van der Waals surface area (Å²) in [6.45, 7) is 2.16. The minimum atomic E-state index is -0.419. The third kappa shape index (κ3) is 2.92. The fourth-order valence-electron chi connectivity index (χ4n) is 2.82. The topological polar surface area (TPSA) is 99.2 Å². The van der Waals surface area contributed by atoms with Gasteiger partial charge in [-0.1, -0.05) is 18.2 Å². The molecule has 0 aliphatic carbocycles. The summed E-state index contributed by atoms with van der Waals surface area (Å²) in [7, 11) is 0. The highest BCUT2D eigenvalue weighted by molar-refractivity contribution is 5.92. The third-order valence-electron chi connectivity index (χ3n) is 4.02. The number of benzene rings is 2. The number of azo groups is 1. The van der Waals surface area contributed by atoms with Crippen molar-refractivity contribution >= 4 is 22.3 Å². The van der Waals surface area contributed by atoms with Crippen LogP contribution in [0.25, 0.3) is 10.9 Å². The Morgan fingerprint density at radius 2 is 1.96 bits per heavy atom. The van der Waals surface area contributed by atoms with Gasteiger partial charge in [-0.25, -0.2) is 0 Å². The van der Waals surface area contributed by atoms with Gasteiger partial charge in [0.25, 0.3) is 5.69 Å². The SMILES string of the molecule is Cc1cc(N=NCc2ccccc2[N+](=O)[O-])c2cc3c(cc2n1)OCO3. The van der Waals surface area contributed by atoms with Crippen molar-refractivity contribution in [3.8, 4) is 11.5 Å². The van der Waals surface area contributed by atoms with Gasteiger partial charge in [0.15, 0.2) is 11.5 Å². The molecule has 0 fully saturated rings. The van der Waals surface area contributed by atoms with Crippen LogP contribution in [0.5, 0.6) is 11.5 Å². The van der Waals surface area contributed by atoms with Gasteiger partial charge in [0.1, 0.15) is 0 Å². The van der Waals surface area contributed by atoms with Crippen molar-refractivity contribution in [2.24, 2.45) is 10.2 Å². The molecule has 130 valence electrons. The van der Waals surface area contributed by atoms with Crippen molar-refractivity contribution in [2.75, 3.05) is 6.79 Å². The van der Waals surface area contributed by atoms with E-state index in [-0.39, 0.29) is 19.0 Å². The van der Waals surface area contributed by atoms with Crippen LogP contribution in [0.1, 0.15) is 11.3 Å². The van der Waals surface area contributed by atoms with Crippen molar-refractivity contribution in [3.05, 3.63) is 63.8 Å². The van der Waals surface area contributed by atoms with Gasteiger partial charge in [-0.2, -0.15) is 10.2 Å². The zero-order valence-corrected chi connectivity index (χ0v) is 13.9. The maximum Gasteiger partial charge on any atom is 0.274 e.